The Kier molecular flexibility index (Phi) is 6.67. The second kappa shape index (κ2) is 8.02. The van der Waals surface area contributed by atoms with Gasteiger partial charge in [-0.15, -0.1) is 12.4 Å². The van der Waals surface area contributed by atoms with Crippen LogP contribution in [-0.4, -0.2) is 31.8 Å². The Morgan fingerprint density at radius 3 is 2.68 bits per heavy atom. The van der Waals surface area contributed by atoms with Gasteiger partial charge >= 0.3 is 5.97 Å². The molecule has 1 N–H and O–H groups in total. The molecule has 1 saturated heterocycles. The first-order valence-corrected chi connectivity index (χ1v) is 6.44. The molecule has 1 aliphatic rings. The summed E-state index contributed by atoms with van der Waals surface area (Å²) in [6.45, 7) is 4.15. The van der Waals surface area contributed by atoms with Gasteiger partial charge in [0, 0.05) is 6.54 Å². The number of nitrogens with one attached hydrogen (secondary N) is 1. The Labute approximate surface area is 119 Å². The summed E-state index contributed by atoms with van der Waals surface area (Å²) < 4.78 is 10.8. The second-order valence-corrected chi connectivity index (χ2v) is 4.33. The van der Waals surface area contributed by atoms with E-state index in [0.717, 1.165) is 31.7 Å². The Morgan fingerprint density at radius 2 is 2.11 bits per heavy atom. The van der Waals surface area contributed by atoms with E-state index in [-0.39, 0.29) is 24.5 Å². The number of carbonyl (C=O) groups is 1. The zero-order valence-electron chi connectivity index (χ0n) is 11.1. The molecular weight excluding hydrogens is 266 g/mol. The van der Waals surface area contributed by atoms with Crippen LogP contribution in [0.25, 0.3) is 0 Å². The number of piperidine rings is 1. The van der Waals surface area contributed by atoms with Gasteiger partial charge in [0.25, 0.3) is 0 Å². The van der Waals surface area contributed by atoms with Gasteiger partial charge in [0.2, 0.25) is 0 Å². The van der Waals surface area contributed by atoms with E-state index >= 15 is 0 Å². The molecule has 0 saturated carbocycles. The van der Waals surface area contributed by atoms with E-state index in [2.05, 4.69) is 5.32 Å². The van der Waals surface area contributed by atoms with Crippen molar-refractivity contribution in [1.82, 2.24) is 5.32 Å². The second-order valence-electron chi connectivity index (χ2n) is 4.33. The zero-order chi connectivity index (χ0) is 12.8. The number of rotatable bonds is 4. The van der Waals surface area contributed by atoms with Gasteiger partial charge in [-0.3, -0.25) is 0 Å². The third-order valence-electron chi connectivity index (χ3n) is 2.92. The van der Waals surface area contributed by atoms with Gasteiger partial charge in [0.05, 0.1) is 12.2 Å². The van der Waals surface area contributed by atoms with Crippen molar-refractivity contribution >= 4 is 18.4 Å². The van der Waals surface area contributed by atoms with Crippen LogP contribution in [0, 0.1) is 0 Å². The normalized spacial score (nSPS) is 18.3. The van der Waals surface area contributed by atoms with Crippen molar-refractivity contribution in [3.05, 3.63) is 29.8 Å². The van der Waals surface area contributed by atoms with Crippen molar-refractivity contribution in [3.8, 4) is 5.75 Å². The fraction of sp³-hybridized carbons (Fsp3) is 0.500. The molecule has 106 valence electrons. The van der Waals surface area contributed by atoms with Gasteiger partial charge in [-0.25, -0.2) is 4.79 Å². The first-order valence-electron chi connectivity index (χ1n) is 6.44. The van der Waals surface area contributed by atoms with E-state index in [1.165, 1.54) is 0 Å². The van der Waals surface area contributed by atoms with Crippen molar-refractivity contribution < 1.29 is 14.3 Å². The smallest absolute Gasteiger partial charge is 0.338 e. The summed E-state index contributed by atoms with van der Waals surface area (Å²) in [6, 6.07) is 7.12. The molecular formula is C14H20ClNO3. The van der Waals surface area contributed by atoms with Crippen LogP contribution in [0.5, 0.6) is 5.75 Å². The van der Waals surface area contributed by atoms with Gasteiger partial charge in [0.1, 0.15) is 11.9 Å². The zero-order valence-corrected chi connectivity index (χ0v) is 11.9. The Morgan fingerprint density at radius 1 is 1.37 bits per heavy atom. The largest absolute Gasteiger partial charge is 0.489 e. The molecule has 1 heterocycles. The van der Waals surface area contributed by atoms with Gasteiger partial charge in [-0.2, -0.15) is 0 Å². The predicted molar refractivity (Wildman–Crippen MR) is 76.2 cm³/mol. The first kappa shape index (κ1) is 15.8. The van der Waals surface area contributed by atoms with E-state index in [4.69, 9.17) is 9.47 Å². The number of hydrogen-bond donors (Lipinski definition) is 1. The highest BCUT2D eigenvalue weighted by atomic mass is 35.5. The van der Waals surface area contributed by atoms with Crippen LogP contribution < -0.4 is 10.1 Å². The average molecular weight is 286 g/mol. The van der Waals surface area contributed by atoms with E-state index in [0.29, 0.717) is 12.2 Å². The van der Waals surface area contributed by atoms with Gasteiger partial charge in [-0.05, 0) is 50.6 Å². The minimum Gasteiger partial charge on any atom is -0.489 e. The van der Waals surface area contributed by atoms with Crippen molar-refractivity contribution in [2.75, 3.05) is 19.7 Å². The summed E-state index contributed by atoms with van der Waals surface area (Å²) in [7, 11) is 0. The minimum atomic E-state index is -0.289. The summed E-state index contributed by atoms with van der Waals surface area (Å²) >= 11 is 0. The number of benzene rings is 1. The van der Waals surface area contributed by atoms with Crippen molar-refractivity contribution in [2.24, 2.45) is 0 Å². The maximum absolute atomic E-state index is 11.5. The van der Waals surface area contributed by atoms with Gasteiger partial charge < -0.3 is 14.8 Å². The molecule has 5 heteroatoms. The highest BCUT2D eigenvalue weighted by Crippen LogP contribution is 2.17. The molecule has 0 radical (unpaired) electrons. The Balaban J connectivity index is 0.00000180. The topological polar surface area (TPSA) is 47.6 Å². The van der Waals surface area contributed by atoms with Crippen LogP contribution in [0.2, 0.25) is 0 Å². The summed E-state index contributed by atoms with van der Waals surface area (Å²) in [5, 5.41) is 3.30. The maximum atomic E-state index is 11.5. The number of carbonyl (C=O) groups excluding carboxylic acids is 1. The lowest BCUT2D eigenvalue weighted by Crippen LogP contribution is -2.37. The van der Waals surface area contributed by atoms with Gasteiger partial charge in [0.15, 0.2) is 0 Å². The molecule has 1 aromatic carbocycles. The van der Waals surface area contributed by atoms with Crippen LogP contribution in [0.4, 0.5) is 0 Å². The molecule has 19 heavy (non-hydrogen) atoms. The van der Waals surface area contributed by atoms with Crippen LogP contribution in [0.15, 0.2) is 24.3 Å². The Hall–Kier alpha value is -1.26. The fourth-order valence-corrected chi connectivity index (χ4v) is 2.00. The van der Waals surface area contributed by atoms with Gasteiger partial charge in [-0.1, -0.05) is 0 Å². The standard InChI is InChI=1S/C14H19NO3.ClH/c1-2-17-14(16)11-5-7-12(8-6-11)18-13-4-3-9-15-10-13;/h5-8,13,15H,2-4,9-10H2,1H3;1H. The summed E-state index contributed by atoms with van der Waals surface area (Å²) in [5.41, 5.74) is 0.561. The molecule has 4 nitrogen and oxygen atoms in total. The summed E-state index contributed by atoms with van der Waals surface area (Å²) in [4.78, 5) is 11.5. The molecule has 0 aromatic heterocycles. The number of esters is 1. The number of halogens is 1. The van der Waals surface area contributed by atoms with Crippen LogP contribution >= 0.6 is 12.4 Å². The first-order chi connectivity index (χ1) is 8.79. The van der Waals surface area contributed by atoms with Crippen molar-refractivity contribution in [3.63, 3.8) is 0 Å². The van der Waals surface area contributed by atoms with Crippen LogP contribution in [-0.2, 0) is 4.74 Å². The maximum Gasteiger partial charge on any atom is 0.338 e. The minimum absolute atomic E-state index is 0. The van der Waals surface area contributed by atoms with E-state index in [9.17, 15) is 4.79 Å². The number of ether oxygens (including phenoxy) is 2. The molecule has 0 amide bonds. The van der Waals surface area contributed by atoms with Crippen LogP contribution in [0.1, 0.15) is 30.1 Å². The molecule has 1 atom stereocenters. The molecule has 1 unspecified atom stereocenters. The molecule has 0 aliphatic carbocycles. The lowest BCUT2D eigenvalue weighted by molar-refractivity contribution is 0.0526. The average Bonchev–Trinajstić information content (AvgIpc) is 2.41. The predicted octanol–water partition coefficient (Wildman–Crippen LogP) is 2.42. The molecule has 0 spiro atoms. The van der Waals surface area contributed by atoms with E-state index in [1.807, 2.05) is 12.1 Å². The lowest BCUT2D eigenvalue weighted by Gasteiger charge is -2.23. The van der Waals surface area contributed by atoms with Crippen LogP contribution in [0.3, 0.4) is 0 Å². The monoisotopic (exact) mass is 285 g/mol. The highest BCUT2D eigenvalue weighted by Gasteiger charge is 2.14. The molecule has 1 aliphatic heterocycles. The quantitative estimate of drug-likeness (QED) is 0.863. The third-order valence-corrected chi connectivity index (χ3v) is 2.92. The summed E-state index contributed by atoms with van der Waals surface area (Å²) in [5.74, 6) is 0.514. The molecule has 1 aromatic rings. The third kappa shape index (κ3) is 4.73. The lowest BCUT2D eigenvalue weighted by atomic mass is 10.1. The SMILES string of the molecule is CCOC(=O)c1ccc(OC2CCCNC2)cc1.Cl. The molecule has 2 rings (SSSR count). The highest BCUT2D eigenvalue weighted by molar-refractivity contribution is 5.89. The van der Waals surface area contributed by atoms with E-state index in [1.54, 1.807) is 19.1 Å². The molecule has 0 bridgehead atoms. The van der Waals surface area contributed by atoms with Crippen molar-refractivity contribution in [2.45, 2.75) is 25.9 Å². The summed E-state index contributed by atoms with van der Waals surface area (Å²) in [6.07, 6.45) is 2.45. The fourth-order valence-electron chi connectivity index (χ4n) is 2.00. The molecule has 1 fully saturated rings. The van der Waals surface area contributed by atoms with E-state index < -0.39 is 0 Å². The Bertz CT molecular complexity index is 388. The van der Waals surface area contributed by atoms with Crippen molar-refractivity contribution in [1.29, 1.82) is 0 Å². The number of hydrogen-bond acceptors (Lipinski definition) is 4.